The van der Waals surface area contributed by atoms with Crippen molar-refractivity contribution < 1.29 is 14.3 Å². The quantitative estimate of drug-likeness (QED) is 0.778. The Morgan fingerprint density at radius 1 is 1.32 bits per heavy atom. The number of amides is 1. The van der Waals surface area contributed by atoms with Crippen molar-refractivity contribution in [3.8, 4) is 5.75 Å². The molecule has 22 heavy (non-hydrogen) atoms. The average molecular weight is 306 g/mol. The van der Waals surface area contributed by atoms with Gasteiger partial charge in [0.15, 0.2) is 0 Å². The first-order valence-electron chi connectivity index (χ1n) is 7.89. The molecule has 2 rings (SSSR count). The number of hydrogen-bond acceptors (Lipinski definition) is 4. The number of ether oxygens (including phenoxy) is 2. The van der Waals surface area contributed by atoms with Gasteiger partial charge in [0.25, 0.3) is 0 Å². The van der Waals surface area contributed by atoms with Gasteiger partial charge in [-0.3, -0.25) is 4.79 Å². The van der Waals surface area contributed by atoms with Gasteiger partial charge in [0, 0.05) is 33.4 Å². The molecule has 0 radical (unpaired) electrons. The molecule has 1 aliphatic rings. The second-order valence-electron chi connectivity index (χ2n) is 5.84. The number of nitrogens with two attached hydrogens (primary N) is 1. The van der Waals surface area contributed by atoms with Crippen LogP contribution >= 0.6 is 0 Å². The first-order valence-corrected chi connectivity index (χ1v) is 7.89. The molecule has 2 N–H and O–H groups in total. The zero-order chi connectivity index (χ0) is 15.8. The summed E-state index contributed by atoms with van der Waals surface area (Å²) in [5, 5.41) is 0. The second kappa shape index (κ2) is 8.15. The fourth-order valence-corrected chi connectivity index (χ4v) is 2.78. The standard InChI is InChI=1S/C17H26N2O3/c1-19(10-5-11-22-15-6-3-2-4-7-15)16(20)17(14-18)8-12-21-13-9-17/h2-4,6-7H,5,8-14,18H2,1H3. The summed E-state index contributed by atoms with van der Waals surface area (Å²) >= 11 is 0. The Balaban J connectivity index is 1.76. The van der Waals surface area contributed by atoms with Crippen LogP contribution in [0.1, 0.15) is 19.3 Å². The van der Waals surface area contributed by atoms with Gasteiger partial charge >= 0.3 is 0 Å². The fraction of sp³-hybridized carbons (Fsp3) is 0.588. The normalized spacial score (nSPS) is 17.0. The molecule has 0 unspecified atom stereocenters. The molecular formula is C17H26N2O3. The van der Waals surface area contributed by atoms with Gasteiger partial charge in [0.1, 0.15) is 5.75 Å². The number of rotatable bonds is 7. The van der Waals surface area contributed by atoms with E-state index in [2.05, 4.69) is 0 Å². The van der Waals surface area contributed by atoms with Crippen molar-refractivity contribution >= 4 is 5.91 Å². The minimum atomic E-state index is -0.437. The van der Waals surface area contributed by atoms with Crippen LogP contribution in [0.4, 0.5) is 0 Å². The van der Waals surface area contributed by atoms with E-state index in [9.17, 15) is 4.79 Å². The van der Waals surface area contributed by atoms with Gasteiger partial charge in [0.05, 0.1) is 12.0 Å². The highest BCUT2D eigenvalue weighted by atomic mass is 16.5. The van der Waals surface area contributed by atoms with E-state index in [0.717, 1.165) is 12.2 Å². The zero-order valence-corrected chi connectivity index (χ0v) is 13.3. The lowest BCUT2D eigenvalue weighted by atomic mass is 9.79. The van der Waals surface area contributed by atoms with Crippen LogP contribution in [0.25, 0.3) is 0 Å². The molecule has 1 saturated heterocycles. The fourth-order valence-electron chi connectivity index (χ4n) is 2.78. The maximum atomic E-state index is 12.7. The van der Waals surface area contributed by atoms with Gasteiger partial charge in [0.2, 0.25) is 5.91 Å². The van der Waals surface area contributed by atoms with Gasteiger partial charge in [-0.15, -0.1) is 0 Å². The second-order valence-corrected chi connectivity index (χ2v) is 5.84. The van der Waals surface area contributed by atoms with Crippen LogP contribution < -0.4 is 10.5 Å². The summed E-state index contributed by atoms with van der Waals surface area (Å²) in [7, 11) is 1.84. The van der Waals surface area contributed by atoms with E-state index in [0.29, 0.717) is 45.8 Å². The molecule has 1 aliphatic heterocycles. The first-order chi connectivity index (χ1) is 10.7. The monoisotopic (exact) mass is 306 g/mol. The molecule has 0 aliphatic carbocycles. The van der Waals surface area contributed by atoms with Gasteiger partial charge < -0.3 is 20.1 Å². The van der Waals surface area contributed by atoms with E-state index in [4.69, 9.17) is 15.2 Å². The van der Waals surface area contributed by atoms with Gasteiger partial charge in [-0.1, -0.05) is 18.2 Å². The van der Waals surface area contributed by atoms with Crippen molar-refractivity contribution in [1.82, 2.24) is 4.90 Å². The summed E-state index contributed by atoms with van der Waals surface area (Å²) in [6.45, 7) is 2.90. The van der Waals surface area contributed by atoms with Crippen molar-refractivity contribution in [1.29, 1.82) is 0 Å². The Kier molecular flexibility index (Phi) is 6.21. The predicted molar refractivity (Wildman–Crippen MR) is 85.7 cm³/mol. The molecule has 1 amide bonds. The van der Waals surface area contributed by atoms with Crippen molar-refractivity contribution in [2.45, 2.75) is 19.3 Å². The topological polar surface area (TPSA) is 64.8 Å². The van der Waals surface area contributed by atoms with E-state index in [1.807, 2.05) is 37.4 Å². The summed E-state index contributed by atoms with van der Waals surface area (Å²) < 4.78 is 11.0. The Labute approximate surface area is 132 Å². The number of carbonyl (C=O) groups excluding carboxylic acids is 1. The molecule has 0 aromatic heterocycles. The third kappa shape index (κ3) is 4.21. The molecular weight excluding hydrogens is 280 g/mol. The molecule has 1 aromatic rings. The number of para-hydroxylation sites is 1. The minimum Gasteiger partial charge on any atom is -0.494 e. The molecule has 5 nitrogen and oxygen atoms in total. The molecule has 1 aromatic carbocycles. The third-order valence-electron chi connectivity index (χ3n) is 4.29. The summed E-state index contributed by atoms with van der Waals surface area (Å²) in [5.74, 6) is 0.998. The summed E-state index contributed by atoms with van der Waals surface area (Å²) in [6, 6.07) is 9.71. The highest BCUT2D eigenvalue weighted by Crippen LogP contribution is 2.31. The number of nitrogens with zero attached hydrogens (tertiary/aromatic N) is 1. The van der Waals surface area contributed by atoms with Crippen LogP contribution in [0.3, 0.4) is 0 Å². The van der Waals surface area contributed by atoms with Crippen LogP contribution in [-0.4, -0.2) is 50.8 Å². The largest absolute Gasteiger partial charge is 0.494 e. The van der Waals surface area contributed by atoms with Gasteiger partial charge in [-0.05, 0) is 31.4 Å². The lowest BCUT2D eigenvalue weighted by molar-refractivity contribution is -0.145. The lowest BCUT2D eigenvalue weighted by Gasteiger charge is -2.37. The SMILES string of the molecule is CN(CCCOc1ccccc1)C(=O)C1(CN)CCOCC1. The number of carbonyl (C=O) groups is 1. The van der Waals surface area contributed by atoms with Gasteiger partial charge in [-0.2, -0.15) is 0 Å². The molecule has 122 valence electrons. The van der Waals surface area contributed by atoms with Crippen LogP contribution in [0.2, 0.25) is 0 Å². The average Bonchev–Trinajstić information content (AvgIpc) is 2.59. The van der Waals surface area contributed by atoms with E-state index in [-0.39, 0.29) is 5.91 Å². The van der Waals surface area contributed by atoms with Crippen molar-refractivity contribution in [3.05, 3.63) is 30.3 Å². The molecule has 0 atom stereocenters. The smallest absolute Gasteiger partial charge is 0.229 e. The van der Waals surface area contributed by atoms with E-state index < -0.39 is 5.41 Å². The first kappa shape index (κ1) is 16.8. The molecule has 1 heterocycles. The Morgan fingerprint density at radius 3 is 2.64 bits per heavy atom. The molecule has 1 fully saturated rings. The van der Waals surface area contributed by atoms with Crippen LogP contribution in [0.5, 0.6) is 5.75 Å². The predicted octanol–water partition coefficient (Wildman–Crippen LogP) is 1.67. The van der Waals surface area contributed by atoms with Crippen molar-refractivity contribution in [2.24, 2.45) is 11.1 Å². The summed E-state index contributed by atoms with van der Waals surface area (Å²) in [5.41, 5.74) is 5.44. The Hall–Kier alpha value is -1.59. The Bertz CT molecular complexity index is 458. The maximum absolute atomic E-state index is 12.7. The third-order valence-corrected chi connectivity index (χ3v) is 4.29. The summed E-state index contributed by atoms with van der Waals surface area (Å²) in [4.78, 5) is 14.4. The molecule has 5 heteroatoms. The van der Waals surface area contributed by atoms with Crippen LogP contribution in [0, 0.1) is 5.41 Å². The minimum absolute atomic E-state index is 0.137. The van der Waals surface area contributed by atoms with Crippen molar-refractivity contribution in [3.63, 3.8) is 0 Å². The maximum Gasteiger partial charge on any atom is 0.229 e. The number of hydrogen-bond donors (Lipinski definition) is 1. The summed E-state index contributed by atoms with van der Waals surface area (Å²) in [6.07, 6.45) is 2.23. The molecule has 0 spiro atoms. The van der Waals surface area contributed by atoms with Crippen molar-refractivity contribution in [2.75, 3.05) is 40.0 Å². The highest BCUT2D eigenvalue weighted by molar-refractivity contribution is 5.83. The number of benzene rings is 1. The molecule has 0 bridgehead atoms. The lowest BCUT2D eigenvalue weighted by Crippen LogP contribution is -2.50. The Morgan fingerprint density at radius 2 is 2.00 bits per heavy atom. The highest BCUT2D eigenvalue weighted by Gasteiger charge is 2.40. The van der Waals surface area contributed by atoms with Gasteiger partial charge in [-0.25, -0.2) is 0 Å². The van der Waals surface area contributed by atoms with E-state index >= 15 is 0 Å². The zero-order valence-electron chi connectivity index (χ0n) is 13.3. The van der Waals surface area contributed by atoms with Crippen LogP contribution in [-0.2, 0) is 9.53 Å². The van der Waals surface area contributed by atoms with E-state index in [1.165, 1.54) is 0 Å². The molecule has 0 saturated carbocycles. The van der Waals surface area contributed by atoms with E-state index in [1.54, 1.807) is 4.90 Å². The van der Waals surface area contributed by atoms with Crippen LogP contribution in [0.15, 0.2) is 30.3 Å².